The highest BCUT2D eigenvalue weighted by Crippen LogP contribution is 2.24. The van der Waals surface area contributed by atoms with Gasteiger partial charge in [-0.2, -0.15) is 0 Å². The Kier molecular flexibility index (Phi) is 3.80. The van der Waals surface area contributed by atoms with Crippen LogP contribution in [-0.2, 0) is 0 Å². The minimum atomic E-state index is -4.67. The van der Waals surface area contributed by atoms with Crippen molar-refractivity contribution in [3.8, 4) is 18.1 Å². The molecule has 0 radical (unpaired) electrons. The Hall–Kier alpha value is -1.67. The minimum absolute atomic E-state index is 0.261. The largest absolute Gasteiger partial charge is 0.573 e. The summed E-state index contributed by atoms with van der Waals surface area (Å²) in [6, 6.07) is 5.11. The maximum Gasteiger partial charge on any atom is 0.573 e. The van der Waals surface area contributed by atoms with Crippen LogP contribution in [0.15, 0.2) is 24.3 Å². The van der Waals surface area contributed by atoms with E-state index in [-0.39, 0.29) is 11.8 Å². The van der Waals surface area contributed by atoms with Gasteiger partial charge in [0.1, 0.15) is 5.75 Å². The lowest BCUT2D eigenvalue weighted by Gasteiger charge is -2.12. The molecule has 1 unspecified atom stereocenters. The van der Waals surface area contributed by atoms with E-state index in [1.165, 1.54) is 24.3 Å². The smallest absolute Gasteiger partial charge is 0.406 e. The van der Waals surface area contributed by atoms with Crippen LogP contribution in [0.2, 0.25) is 0 Å². The molecule has 0 aliphatic heterocycles. The molecule has 1 aromatic carbocycles. The lowest BCUT2D eigenvalue weighted by molar-refractivity contribution is -0.274. The highest BCUT2D eigenvalue weighted by molar-refractivity contribution is 5.32. The van der Waals surface area contributed by atoms with Gasteiger partial charge in [0.25, 0.3) is 0 Å². The lowest BCUT2D eigenvalue weighted by atomic mass is 10.1. The molecule has 1 aromatic rings. The Morgan fingerprint density at radius 2 is 1.88 bits per heavy atom. The van der Waals surface area contributed by atoms with Crippen molar-refractivity contribution < 1.29 is 17.9 Å². The highest BCUT2D eigenvalue weighted by atomic mass is 19.4. The molecule has 0 aliphatic rings. The summed E-state index contributed by atoms with van der Waals surface area (Å²) in [5.74, 6) is 2.20. The van der Waals surface area contributed by atoms with Crippen LogP contribution in [0.4, 0.5) is 13.2 Å². The van der Waals surface area contributed by atoms with Crippen LogP contribution in [0.5, 0.6) is 5.75 Å². The summed E-state index contributed by atoms with van der Waals surface area (Å²) in [6.07, 6.45) is 0.561. The highest BCUT2D eigenvalue weighted by Gasteiger charge is 2.30. The van der Waals surface area contributed by atoms with Gasteiger partial charge in [-0.05, 0) is 24.7 Å². The van der Waals surface area contributed by atoms with E-state index in [1.54, 1.807) is 7.05 Å². The molecular formula is C11H10F3NO. The Balaban J connectivity index is 2.80. The zero-order valence-corrected chi connectivity index (χ0v) is 8.51. The molecule has 1 N–H and O–H groups in total. The second-order valence-electron chi connectivity index (χ2n) is 3.01. The average molecular weight is 229 g/mol. The van der Waals surface area contributed by atoms with E-state index >= 15 is 0 Å². The maximum absolute atomic E-state index is 11.9. The number of hydrogen-bond acceptors (Lipinski definition) is 2. The first kappa shape index (κ1) is 12.4. The van der Waals surface area contributed by atoms with Gasteiger partial charge in [-0.3, -0.25) is 0 Å². The molecule has 16 heavy (non-hydrogen) atoms. The van der Waals surface area contributed by atoms with Gasteiger partial charge in [0.2, 0.25) is 0 Å². The molecule has 0 saturated heterocycles. The Morgan fingerprint density at radius 3 is 2.25 bits per heavy atom. The topological polar surface area (TPSA) is 21.3 Å². The molecule has 0 heterocycles. The number of nitrogens with one attached hydrogen (secondary N) is 1. The van der Waals surface area contributed by atoms with Gasteiger partial charge in [0.15, 0.2) is 0 Å². The molecule has 0 bridgehead atoms. The lowest BCUT2D eigenvalue weighted by Crippen LogP contribution is -2.17. The molecule has 5 heteroatoms. The number of terminal acetylenes is 1. The fraction of sp³-hybridized carbons (Fsp3) is 0.273. The fourth-order valence-corrected chi connectivity index (χ4v) is 1.21. The average Bonchev–Trinajstić information content (AvgIpc) is 2.20. The summed E-state index contributed by atoms with van der Waals surface area (Å²) >= 11 is 0. The van der Waals surface area contributed by atoms with Gasteiger partial charge in [0, 0.05) is 0 Å². The van der Waals surface area contributed by atoms with Crippen LogP contribution >= 0.6 is 0 Å². The van der Waals surface area contributed by atoms with Crippen LogP contribution in [0.1, 0.15) is 11.6 Å². The van der Waals surface area contributed by atoms with E-state index < -0.39 is 6.36 Å². The molecule has 0 aliphatic carbocycles. The Bertz CT molecular complexity index is 378. The fourth-order valence-electron chi connectivity index (χ4n) is 1.21. The molecule has 1 rings (SSSR count). The zero-order valence-electron chi connectivity index (χ0n) is 8.51. The van der Waals surface area contributed by atoms with E-state index in [2.05, 4.69) is 16.0 Å². The third-order valence-corrected chi connectivity index (χ3v) is 1.90. The van der Waals surface area contributed by atoms with Gasteiger partial charge < -0.3 is 10.1 Å². The first-order chi connectivity index (χ1) is 7.46. The van der Waals surface area contributed by atoms with E-state index in [9.17, 15) is 13.2 Å². The summed E-state index contributed by atoms with van der Waals surface area (Å²) in [5.41, 5.74) is 0.708. The normalized spacial score (nSPS) is 12.9. The second-order valence-corrected chi connectivity index (χ2v) is 3.01. The number of benzene rings is 1. The number of rotatable bonds is 3. The molecule has 0 amide bonds. The standard InChI is InChI=1S/C11H10F3NO/c1-3-10(15-2)8-4-6-9(7-5-8)16-11(12,13)14/h1,4-7,10,15H,2H3. The van der Waals surface area contributed by atoms with Crippen molar-refractivity contribution in [1.29, 1.82) is 0 Å². The summed E-state index contributed by atoms with van der Waals surface area (Å²) in [4.78, 5) is 0. The maximum atomic E-state index is 11.9. The number of ether oxygens (including phenoxy) is 1. The van der Waals surface area contributed by atoms with Gasteiger partial charge in [-0.1, -0.05) is 18.1 Å². The van der Waals surface area contributed by atoms with Crippen molar-refractivity contribution >= 4 is 0 Å². The van der Waals surface area contributed by atoms with Crippen molar-refractivity contribution in [2.75, 3.05) is 7.05 Å². The van der Waals surface area contributed by atoms with Crippen molar-refractivity contribution in [1.82, 2.24) is 5.32 Å². The number of alkyl halides is 3. The predicted molar refractivity (Wildman–Crippen MR) is 53.8 cm³/mol. The molecule has 0 fully saturated rings. The van der Waals surface area contributed by atoms with E-state index in [0.29, 0.717) is 5.56 Å². The molecule has 2 nitrogen and oxygen atoms in total. The van der Waals surface area contributed by atoms with E-state index in [1.807, 2.05) is 0 Å². The molecule has 0 saturated carbocycles. The number of hydrogen-bond donors (Lipinski definition) is 1. The first-order valence-corrected chi connectivity index (χ1v) is 4.45. The number of halogens is 3. The summed E-state index contributed by atoms with van der Waals surface area (Å²) in [6.45, 7) is 0. The van der Waals surface area contributed by atoms with E-state index in [4.69, 9.17) is 6.42 Å². The van der Waals surface area contributed by atoms with Gasteiger partial charge >= 0.3 is 6.36 Å². The van der Waals surface area contributed by atoms with Crippen LogP contribution in [0.25, 0.3) is 0 Å². The van der Waals surface area contributed by atoms with Crippen molar-refractivity contribution in [2.45, 2.75) is 12.4 Å². The van der Waals surface area contributed by atoms with E-state index in [0.717, 1.165) is 0 Å². The third kappa shape index (κ3) is 3.48. The predicted octanol–water partition coefficient (Wildman–Crippen LogP) is 2.48. The summed E-state index contributed by atoms with van der Waals surface area (Å²) in [7, 11) is 1.67. The monoisotopic (exact) mass is 229 g/mol. The zero-order chi connectivity index (χ0) is 12.2. The van der Waals surface area contributed by atoms with Crippen molar-refractivity contribution in [2.24, 2.45) is 0 Å². The van der Waals surface area contributed by atoms with Gasteiger partial charge in [-0.25, -0.2) is 0 Å². The second kappa shape index (κ2) is 4.90. The van der Waals surface area contributed by atoms with Crippen LogP contribution in [0, 0.1) is 12.3 Å². The van der Waals surface area contributed by atoms with Crippen molar-refractivity contribution in [3.05, 3.63) is 29.8 Å². The molecule has 1 atom stereocenters. The Labute approximate surface area is 91.4 Å². The van der Waals surface area contributed by atoms with Crippen LogP contribution in [0.3, 0.4) is 0 Å². The quantitative estimate of drug-likeness (QED) is 0.804. The molecule has 0 spiro atoms. The Morgan fingerprint density at radius 1 is 1.31 bits per heavy atom. The van der Waals surface area contributed by atoms with Gasteiger partial charge in [-0.15, -0.1) is 19.6 Å². The SMILES string of the molecule is C#CC(NC)c1ccc(OC(F)(F)F)cc1. The third-order valence-electron chi connectivity index (χ3n) is 1.90. The van der Waals surface area contributed by atoms with Crippen LogP contribution < -0.4 is 10.1 Å². The van der Waals surface area contributed by atoms with Gasteiger partial charge in [0.05, 0.1) is 6.04 Å². The summed E-state index contributed by atoms with van der Waals surface area (Å²) in [5, 5.41) is 2.84. The molecule has 86 valence electrons. The minimum Gasteiger partial charge on any atom is -0.406 e. The molecule has 0 aromatic heterocycles. The first-order valence-electron chi connectivity index (χ1n) is 4.45. The summed E-state index contributed by atoms with van der Waals surface area (Å²) < 4.78 is 39.3. The molecular weight excluding hydrogens is 219 g/mol. The van der Waals surface area contributed by atoms with Crippen LogP contribution in [-0.4, -0.2) is 13.4 Å². The van der Waals surface area contributed by atoms with Crippen molar-refractivity contribution in [3.63, 3.8) is 0 Å².